The molecular formula is C15H20N4OS. The zero-order valence-electron chi connectivity index (χ0n) is 12.5. The van der Waals surface area contributed by atoms with Crippen LogP contribution in [0.2, 0.25) is 0 Å². The summed E-state index contributed by atoms with van der Waals surface area (Å²) in [4.78, 5) is 17.8. The Bertz CT molecular complexity index is 610. The summed E-state index contributed by atoms with van der Waals surface area (Å²) in [5, 5.41) is 6.36. The number of hydrogen-bond donors (Lipinski definition) is 2. The van der Waals surface area contributed by atoms with E-state index in [2.05, 4.69) is 17.2 Å². The lowest BCUT2D eigenvalue weighted by atomic mass is 10.1. The van der Waals surface area contributed by atoms with Crippen molar-refractivity contribution in [2.24, 2.45) is 0 Å². The van der Waals surface area contributed by atoms with Crippen molar-refractivity contribution in [2.45, 2.75) is 12.8 Å². The van der Waals surface area contributed by atoms with Gasteiger partial charge in [0.15, 0.2) is 0 Å². The van der Waals surface area contributed by atoms with Crippen molar-refractivity contribution in [3.63, 3.8) is 0 Å². The Hall–Kier alpha value is -2.08. The van der Waals surface area contributed by atoms with E-state index in [0.29, 0.717) is 11.3 Å². The maximum Gasteiger partial charge on any atom is 0.253 e. The Balaban J connectivity index is 2.09. The Morgan fingerprint density at radius 3 is 2.86 bits per heavy atom. The SMILES string of the molecule is CC(CNc1cc(C(=O)N(C)C)ccc1N)c1nccs1. The second kappa shape index (κ2) is 6.58. The van der Waals surface area contributed by atoms with Crippen molar-refractivity contribution in [3.05, 3.63) is 40.3 Å². The Labute approximate surface area is 128 Å². The van der Waals surface area contributed by atoms with Crippen molar-refractivity contribution in [3.8, 4) is 0 Å². The van der Waals surface area contributed by atoms with Gasteiger partial charge in [0.05, 0.1) is 16.4 Å². The second-order valence-corrected chi connectivity index (χ2v) is 6.08. The summed E-state index contributed by atoms with van der Waals surface area (Å²) in [6, 6.07) is 5.30. The average molecular weight is 304 g/mol. The molecule has 0 aliphatic rings. The highest BCUT2D eigenvalue weighted by atomic mass is 32.1. The van der Waals surface area contributed by atoms with Crippen LogP contribution in [0.5, 0.6) is 0 Å². The van der Waals surface area contributed by atoms with E-state index in [1.807, 2.05) is 5.38 Å². The minimum absolute atomic E-state index is 0.0361. The molecule has 0 spiro atoms. The van der Waals surface area contributed by atoms with Gasteiger partial charge in [-0.25, -0.2) is 4.98 Å². The van der Waals surface area contributed by atoms with E-state index in [1.54, 1.807) is 54.7 Å². The Morgan fingerprint density at radius 2 is 2.24 bits per heavy atom. The highest BCUT2D eigenvalue weighted by molar-refractivity contribution is 7.09. The van der Waals surface area contributed by atoms with Crippen LogP contribution in [0.3, 0.4) is 0 Å². The van der Waals surface area contributed by atoms with Gasteiger partial charge in [-0.05, 0) is 18.2 Å². The number of nitrogens with one attached hydrogen (secondary N) is 1. The number of rotatable bonds is 5. The van der Waals surface area contributed by atoms with Crippen LogP contribution in [0.4, 0.5) is 11.4 Å². The van der Waals surface area contributed by atoms with E-state index in [9.17, 15) is 4.79 Å². The lowest BCUT2D eigenvalue weighted by Crippen LogP contribution is -2.22. The number of aromatic nitrogens is 1. The number of carbonyl (C=O) groups is 1. The molecule has 0 saturated carbocycles. The average Bonchev–Trinajstić information content (AvgIpc) is 2.99. The number of nitrogens with two attached hydrogens (primary N) is 1. The molecule has 0 fully saturated rings. The van der Waals surface area contributed by atoms with E-state index in [-0.39, 0.29) is 11.8 Å². The molecule has 6 heteroatoms. The third-order valence-corrected chi connectivity index (χ3v) is 4.19. The number of thiazole rings is 1. The standard InChI is InChI=1S/C15H20N4OS/c1-10(14-17-6-7-21-14)9-18-13-8-11(4-5-12(13)16)15(20)19(2)3/h4-8,10,18H,9,16H2,1-3H3. The predicted molar refractivity (Wildman–Crippen MR) is 87.9 cm³/mol. The maximum atomic E-state index is 12.0. The molecule has 1 aromatic heterocycles. The van der Waals surface area contributed by atoms with Gasteiger partial charge in [-0.1, -0.05) is 6.92 Å². The third-order valence-electron chi connectivity index (χ3n) is 3.18. The number of nitrogens with zero attached hydrogens (tertiary/aromatic N) is 2. The lowest BCUT2D eigenvalue weighted by molar-refractivity contribution is 0.0827. The third kappa shape index (κ3) is 3.72. The lowest BCUT2D eigenvalue weighted by Gasteiger charge is -2.15. The first-order chi connectivity index (χ1) is 9.99. The van der Waals surface area contributed by atoms with E-state index >= 15 is 0 Å². The molecular weight excluding hydrogens is 284 g/mol. The highest BCUT2D eigenvalue weighted by Crippen LogP contribution is 2.23. The highest BCUT2D eigenvalue weighted by Gasteiger charge is 2.12. The van der Waals surface area contributed by atoms with Crippen LogP contribution >= 0.6 is 11.3 Å². The largest absolute Gasteiger partial charge is 0.397 e. The summed E-state index contributed by atoms with van der Waals surface area (Å²) in [6.45, 7) is 2.83. The Morgan fingerprint density at radius 1 is 1.48 bits per heavy atom. The molecule has 3 N–H and O–H groups in total. The molecule has 1 heterocycles. The van der Waals surface area contributed by atoms with Crippen LogP contribution in [0.25, 0.3) is 0 Å². The predicted octanol–water partition coefficient (Wildman–Crippen LogP) is 2.64. The fourth-order valence-electron chi connectivity index (χ4n) is 1.93. The molecule has 112 valence electrons. The van der Waals surface area contributed by atoms with Crippen molar-refractivity contribution in [1.82, 2.24) is 9.88 Å². The van der Waals surface area contributed by atoms with E-state index in [1.165, 1.54) is 0 Å². The van der Waals surface area contributed by atoms with Gasteiger partial charge in [-0.15, -0.1) is 11.3 Å². The zero-order valence-corrected chi connectivity index (χ0v) is 13.3. The van der Waals surface area contributed by atoms with E-state index in [0.717, 1.165) is 17.2 Å². The van der Waals surface area contributed by atoms with Crippen molar-refractivity contribution in [2.75, 3.05) is 31.7 Å². The first-order valence-electron chi connectivity index (χ1n) is 6.73. The summed E-state index contributed by atoms with van der Waals surface area (Å²) in [7, 11) is 3.46. The van der Waals surface area contributed by atoms with Gasteiger partial charge in [-0.2, -0.15) is 0 Å². The molecule has 0 aliphatic carbocycles. The first kappa shape index (κ1) is 15.3. The minimum atomic E-state index is -0.0361. The number of hydrogen-bond acceptors (Lipinski definition) is 5. The number of anilines is 2. The number of nitrogen functional groups attached to an aromatic ring is 1. The summed E-state index contributed by atoms with van der Waals surface area (Å²) in [5.41, 5.74) is 8.01. The summed E-state index contributed by atoms with van der Waals surface area (Å²) >= 11 is 1.64. The minimum Gasteiger partial charge on any atom is -0.397 e. The molecule has 0 aliphatic heterocycles. The van der Waals surface area contributed by atoms with Gasteiger partial charge in [0.2, 0.25) is 0 Å². The number of carbonyl (C=O) groups excluding carboxylic acids is 1. The molecule has 1 unspecified atom stereocenters. The second-order valence-electron chi connectivity index (χ2n) is 5.15. The fraction of sp³-hybridized carbons (Fsp3) is 0.333. The Kier molecular flexibility index (Phi) is 4.80. The molecule has 0 bridgehead atoms. The van der Waals surface area contributed by atoms with E-state index in [4.69, 9.17) is 5.73 Å². The van der Waals surface area contributed by atoms with Crippen LogP contribution < -0.4 is 11.1 Å². The normalized spacial score (nSPS) is 12.0. The van der Waals surface area contributed by atoms with Crippen LogP contribution in [-0.4, -0.2) is 36.4 Å². The van der Waals surface area contributed by atoms with Gasteiger partial charge in [0, 0.05) is 43.7 Å². The quantitative estimate of drug-likeness (QED) is 0.833. The monoisotopic (exact) mass is 304 g/mol. The summed E-state index contributed by atoms with van der Waals surface area (Å²) < 4.78 is 0. The zero-order chi connectivity index (χ0) is 15.4. The topological polar surface area (TPSA) is 71.2 Å². The van der Waals surface area contributed by atoms with Crippen molar-refractivity contribution >= 4 is 28.6 Å². The molecule has 2 aromatic rings. The molecule has 1 amide bonds. The van der Waals surface area contributed by atoms with Gasteiger partial charge >= 0.3 is 0 Å². The summed E-state index contributed by atoms with van der Waals surface area (Å²) in [5.74, 6) is 0.253. The van der Waals surface area contributed by atoms with Gasteiger partial charge in [0.1, 0.15) is 0 Å². The van der Waals surface area contributed by atoms with Crippen LogP contribution in [0, 0.1) is 0 Å². The molecule has 5 nitrogen and oxygen atoms in total. The molecule has 0 saturated heterocycles. The molecule has 1 atom stereocenters. The van der Waals surface area contributed by atoms with Crippen molar-refractivity contribution < 1.29 is 4.79 Å². The number of benzene rings is 1. The number of amides is 1. The first-order valence-corrected chi connectivity index (χ1v) is 7.61. The molecule has 21 heavy (non-hydrogen) atoms. The molecule has 1 aromatic carbocycles. The van der Waals surface area contributed by atoms with E-state index < -0.39 is 0 Å². The van der Waals surface area contributed by atoms with Crippen molar-refractivity contribution in [1.29, 1.82) is 0 Å². The molecule has 2 rings (SSSR count). The van der Waals surface area contributed by atoms with Gasteiger partial charge < -0.3 is 16.0 Å². The smallest absolute Gasteiger partial charge is 0.253 e. The summed E-state index contributed by atoms with van der Waals surface area (Å²) in [6.07, 6.45) is 1.81. The van der Waals surface area contributed by atoms with Crippen LogP contribution in [0.1, 0.15) is 28.2 Å². The maximum absolute atomic E-state index is 12.0. The van der Waals surface area contributed by atoms with Crippen LogP contribution in [0.15, 0.2) is 29.8 Å². The van der Waals surface area contributed by atoms with Gasteiger partial charge in [0.25, 0.3) is 5.91 Å². The molecule has 0 radical (unpaired) electrons. The fourth-order valence-corrected chi connectivity index (χ4v) is 2.63. The van der Waals surface area contributed by atoms with Gasteiger partial charge in [-0.3, -0.25) is 4.79 Å². The van der Waals surface area contributed by atoms with Crippen LogP contribution in [-0.2, 0) is 0 Å².